The summed E-state index contributed by atoms with van der Waals surface area (Å²) in [6.07, 6.45) is 0.156. The molecular weight excluding hydrogens is 450 g/mol. The van der Waals surface area contributed by atoms with Crippen molar-refractivity contribution in [2.45, 2.75) is 32.0 Å². The molecule has 0 bridgehead atoms. The quantitative estimate of drug-likeness (QED) is 0.461. The fraction of sp³-hybridized carbons (Fsp3) is 0.227. The van der Waals surface area contributed by atoms with Gasteiger partial charge in [0, 0.05) is 6.42 Å². The molecule has 3 aromatic rings. The molecule has 2 aromatic carbocycles. The lowest BCUT2D eigenvalue weighted by Gasteiger charge is -2.14. The number of ether oxygens (including phenoxy) is 1. The fourth-order valence-electron chi connectivity index (χ4n) is 3.18. The Kier molecular flexibility index (Phi) is 6.84. The normalized spacial score (nSPS) is 15.1. The van der Waals surface area contributed by atoms with Gasteiger partial charge in [-0.15, -0.1) is 0 Å². The minimum absolute atomic E-state index is 0.0192. The molecule has 4 rings (SSSR count). The molecule has 33 heavy (non-hydrogen) atoms. The van der Waals surface area contributed by atoms with Crippen LogP contribution in [0.2, 0.25) is 5.02 Å². The van der Waals surface area contributed by atoms with Gasteiger partial charge >= 0.3 is 0 Å². The number of aromatic nitrogens is 2. The predicted molar refractivity (Wildman–Crippen MR) is 117 cm³/mol. The van der Waals surface area contributed by atoms with Crippen molar-refractivity contribution in [3.8, 4) is 5.75 Å². The molecule has 0 saturated carbocycles. The highest BCUT2D eigenvalue weighted by Gasteiger charge is 2.27. The number of anilines is 1. The number of amides is 3. The van der Waals surface area contributed by atoms with Gasteiger partial charge in [0.1, 0.15) is 11.8 Å². The zero-order chi connectivity index (χ0) is 23.2. The Morgan fingerprint density at radius 2 is 1.94 bits per heavy atom. The van der Waals surface area contributed by atoms with Crippen LogP contribution in [0.15, 0.2) is 53.1 Å². The zero-order valence-corrected chi connectivity index (χ0v) is 18.1. The smallest absolute Gasteiger partial charge is 0.254 e. The Balaban J connectivity index is 1.23. The van der Waals surface area contributed by atoms with Gasteiger partial charge < -0.3 is 25.2 Å². The van der Waals surface area contributed by atoms with Gasteiger partial charge in [-0.2, -0.15) is 4.98 Å². The van der Waals surface area contributed by atoms with Crippen LogP contribution in [0.4, 0.5) is 5.69 Å². The minimum Gasteiger partial charge on any atom is -0.484 e. The lowest BCUT2D eigenvalue weighted by Crippen LogP contribution is -2.42. The number of nitrogens with one attached hydrogen (secondary N) is 3. The van der Waals surface area contributed by atoms with Crippen LogP contribution in [0.1, 0.15) is 34.9 Å². The van der Waals surface area contributed by atoms with Gasteiger partial charge in [0.05, 0.1) is 22.8 Å². The number of carbonyl (C=O) groups is 3. The third kappa shape index (κ3) is 5.66. The number of halogens is 1. The first kappa shape index (κ1) is 22.3. The summed E-state index contributed by atoms with van der Waals surface area (Å²) in [6, 6.07) is 12.9. The number of nitrogens with zero attached hydrogens (tertiary/aromatic N) is 2. The van der Waals surface area contributed by atoms with E-state index in [0.717, 1.165) is 0 Å². The third-order valence-electron chi connectivity index (χ3n) is 4.85. The van der Waals surface area contributed by atoms with Gasteiger partial charge in [0.25, 0.3) is 5.91 Å². The SMILES string of the molecule is O=C(CC[C@H]1NC(=O)c2ccccc2NC1=O)NCc1nc(COc2ccccc2Cl)no1. The lowest BCUT2D eigenvalue weighted by molar-refractivity contribution is -0.122. The number of carbonyl (C=O) groups excluding carboxylic acids is 3. The summed E-state index contributed by atoms with van der Waals surface area (Å²) in [6.45, 7) is 0.0760. The molecule has 1 atom stereocenters. The Bertz CT molecular complexity index is 1180. The van der Waals surface area contributed by atoms with Crippen LogP contribution in [-0.2, 0) is 22.7 Å². The Hall–Kier alpha value is -3.92. The lowest BCUT2D eigenvalue weighted by atomic mass is 10.1. The molecule has 1 aliphatic rings. The molecule has 1 aliphatic heterocycles. The van der Waals surface area contributed by atoms with E-state index in [4.69, 9.17) is 20.9 Å². The van der Waals surface area contributed by atoms with Crippen molar-refractivity contribution in [2.24, 2.45) is 0 Å². The van der Waals surface area contributed by atoms with Gasteiger partial charge in [0.2, 0.25) is 23.5 Å². The van der Waals surface area contributed by atoms with E-state index < -0.39 is 6.04 Å². The Labute approximate surface area is 193 Å². The summed E-state index contributed by atoms with van der Waals surface area (Å²) in [5.74, 6) is -0.0657. The van der Waals surface area contributed by atoms with E-state index in [2.05, 4.69) is 26.1 Å². The van der Waals surface area contributed by atoms with Crippen molar-refractivity contribution in [2.75, 3.05) is 5.32 Å². The van der Waals surface area contributed by atoms with Crippen molar-refractivity contribution in [3.05, 3.63) is 70.8 Å². The number of rotatable bonds is 8. The Morgan fingerprint density at radius 3 is 2.79 bits per heavy atom. The van der Waals surface area contributed by atoms with E-state index in [0.29, 0.717) is 27.8 Å². The van der Waals surface area contributed by atoms with Crippen LogP contribution in [0, 0.1) is 0 Å². The molecule has 3 N–H and O–H groups in total. The third-order valence-corrected chi connectivity index (χ3v) is 5.16. The first-order chi connectivity index (χ1) is 16.0. The monoisotopic (exact) mass is 469 g/mol. The van der Waals surface area contributed by atoms with Crippen LogP contribution in [0.5, 0.6) is 5.75 Å². The van der Waals surface area contributed by atoms with Crippen molar-refractivity contribution in [1.29, 1.82) is 0 Å². The molecule has 0 radical (unpaired) electrons. The van der Waals surface area contributed by atoms with Crippen LogP contribution < -0.4 is 20.7 Å². The largest absolute Gasteiger partial charge is 0.484 e. The molecule has 0 fully saturated rings. The number of fused-ring (bicyclic) bond motifs is 1. The molecule has 2 heterocycles. The first-order valence-electron chi connectivity index (χ1n) is 10.2. The van der Waals surface area contributed by atoms with Crippen LogP contribution in [-0.4, -0.2) is 33.9 Å². The average molecular weight is 470 g/mol. The van der Waals surface area contributed by atoms with Crippen molar-refractivity contribution >= 4 is 35.0 Å². The second kappa shape index (κ2) is 10.1. The maximum atomic E-state index is 12.4. The zero-order valence-electron chi connectivity index (χ0n) is 17.3. The fourth-order valence-corrected chi connectivity index (χ4v) is 3.37. The molecule has 11 heteroatoms. The van der Waals surface area contributed by atoms with Gasteiger partial charge in [0.15, 0.2) is 6.61 Å². The van der Waals surface area contributed by atoms with E-state index in [9.17, 15) is 14.4 Å². The molecule has 1 aromatic heterocycles. The molecule has 0 unspecified atom stereocenters. The van der Waals surface area contributed by atoms with E-state index in [1.807, 2.05) is 0 Å². The average Bonchev–Trinajstić information content (AvgIpc) is 3.23. The highest BCUT2D eigenvalue weighted by molar-refractivity contribution is 6.32. The maximum Gasteiger partial charge on any atom is 0.254 e. The summed E-state index contributed by atoms with van der Waals surface area (Å²) in [5, 5.41) is 12.3. The molecular formula is C22H20ClN5O5. The molecule has 3 amide bonds. The molecule has 0 saturated heterocycles. The number of para-hydroxylation sites is 2. The van der Waals surface area contributed by atoms with Crippen LogP contribution in [0.25, 0.3) is 0 Å². The van der Waals surface area contributed by atoms with Crippen molar-refractivity contribution in [1.82, 2.24) is 20.8 Å². The maximum absolute atomic E-state index is 12.4. The van der Waals surface area contributed by atoms with Crippen molar-refractivity contribution < 1.29 is 23.6 Å². The second-order valence-electron chi connectivity index (χ2n) is 7.20. The summed E-state index contributed by atoms with van der Waals surface area (Å²) in [7, 11) is 0. The summed E-state index contributed by atoms with van der Waals surface area (Å²) < 4.78 is 10.6. The number of benzene rings is 2. The predicted octanol–water partition coefficient (Wildman–Crippen LogP) is 2.45. The molecule has 0 aliphatic carbocycles. The van der Waals surface area contributed by atoms with E-state index in [1.165, 1.54) is 0 Å². The van der Waals surface area contributed by atoms with Gasteiger partial charge in [-0.05, 0) is 30.7 Å². The standard InChI is InChI=1S/C22H20ClN5O5/c23-14-6-2-4-8-17(14)32-12-18-27-20(33-28-18)11-24-19(29)10-9-16-22(31)25-15-7-3-1-5-13(15)21(30)26-16/h1-8,16H,9-12H2,(H,24,29)(H,25,31)(H,26,30)/t16-/m1/s1. The van der Waals surface area contributed by atoms with Gasteiger partial charge in [-0.3, -0.25) is 14.4 Å². The minimum atomic E-state index is -0.826. The van der Waals surface area contributed by atoms with Gasteiger partial charge in [-0.25, -0.2) is 0 Å². The summed E-state index contributed by atoms with van der Waals surface area (Å²) in [5.41, 5.74) is 0.821. The van der Waals surface area contributed by atoms with E-state index >= 15 is 0 Å². The highest BCUT2D eigenvalue weighted by atomic mass is 35.5. The highest BCUT2D eigenvalue weighted by Crippen LogP contribution is 2.23. The topological polar surface area (TPSA) is 135 Å². The molecule has 0 spiro atoms. The number of hydrogen-bond acceptors (Lipinski definition) is 7. The molecule has 170 valence electrons. The van der Waals surface area contributed by atoms with Gasteiger partial charge in [-0.1, -0.05) is 41.0 Å². The summed E-state index contributed by atoms with van der Waals surface area (Å²) in [4.78, 5) is 41.1. The first-order valence-corrected chi connectivity index (χ1v) is 10.5. The van der Waals surface area contributed by atoms with E-state index in [1.54, 1.807) is 48.5 Å². The molecule has 10 nitrogen and oxygen atoms in total. The van der Waals surface area contributed by atoms with Crippen LogP contribution in [0.3, 0.4) is 0 Å². The number of hydrogen-bond donors (Lipinski definition) is 3. The van der Waals surface area contributed by atoms with Crippen LogP contribution >= 0.6 is 11.6 Å². The Morgan fingerprint density at radius 1 is 1.15 bits per heavy atom. The summed E-state index contributed by atoms with van der Waals surface area (Å²) >= 11 is 6.03. The second-order valence-corrected chi connectivity index (χ2v) is 7.61. The van der Waals surface area contributed by atoms with Crippen molar-refractivity contribution in [3.63, 3.8) is 0 Å². The van der Waals surface area contributed by atoms with E-state index in [-0.39, 0.29) is 49.6 Å².